The first kappa shape index (κ1) is 18.4. The Hall–Kier alpha value is -1.91. The van der Waals surface area contributed by atoms with Gasteiger partial charge in [0.15, 0.2) is 6.61 Å². The van der Waals surface area contributed by atoms with E-state index in [1.54, 1.807) is 24.3 Å². The third-order valence-corrected chi connectivity index (χ3v) is 3.72. The van der Waals surface area contributed by atoms with Crippen LogP contribution in [0.1, 0.15) is 19.8 Å². The molecule has 0 saturated heterocycles. The zero-order valence-electron chi connectivity index (χ0n) is 13.4. The minimum Gasteiger partial charge on any atom is -0.491 e. The number of benzene rings is 2. The molecule has 6 heteroatoms. The molecule has 0 fully saturated rings. The van der Waals surface area contributed by atoms with E-state index in [9.17, 15) is 4.79 Å². The molecule has 0 atom stereocenters. The lowest BCUT2D eigenvalue weighted by Crippen LogP contribution is -2.20. The van der Waals surface area contributed by atoms with Gasteiger partial charge >= 0.3 is 0 Å². The van der Waals surface area contributed by atoms with Gasteiger partial charge in [-0.15, -0.1) is 0 Å². The number of carbonyl (C=O) groups excluding carboxylic acids is 1. The number of amides is 1. The number of rotatable bonds is 8. The van der Waals surface area contributed by atoms with Gasteiger partial charge in [-0.25, -0.2) is 0 Å². The van der Waals surface area contributed by atoms with Crippen LogP contribution >= 0.6 is 23.2 Å². The molecule has 2 aromatic carbocycles. The van der Waals surface area contributed by atoms with Gasteiger partial charge in [-0.2, -0.15) is 0 Å². The van der Waals surface area contributed by atoms with E-state index in [2.05, 4.69) is 12.2 Å². The summed E-state index contributed by atoms with van der Waals surface area (Å²) in [5, 5.41) is 3.67. The van der Waals surface area contributed by atoms with E-state index in [1.165, 1.54) is 0 Å². The Balaban J connectivity index is 1.93. The summed E-state index contributed by atoms with van der Waals surface area (Å²) in [6.07, 6.45) is 2.00. The Bertz CT molecular complexity index is 692. The van der Waals surface area contributed by atoms with Crippen molar-refractivity contribution in [1.29, 1.82) is 0 Å². The number of carbonyl (C=O) groups is 1. The molecule has 1 N–H and O–H groups in total. The first-order chi connectivity index (χ1) is 11.6. The maximum atomic E-state index is 12.1. The van der Waals surface area contributed by atoms with Crippen molar-refractivity contribution in [2.45, 2.75) is 19.8 Å². The number of hydrogen-bond acceptors (Lipinski definition) is 3. The van der Waals surface area contributed by atoms with Crippen LogP contribution in [0.25, 0.3) is 0 Å². The third kappa shape index (κ3) is 5.62. The molecule has 0 aromatic heterocycles. The molecule has 0 unspecified atom stereocenters. The fraction of sp³-hybridized carbons (Fsp3) is 0.278. The molecule has 2 rings (SSSR count). The van der Waals surface area contributed by atoms with E-state index in [0.29, 0.717) is 33.8 Å². The van der Waals surface area contributed by atoms with Crippen LogP contribution in [0, 0.1) is 0 Å². The quantitative estimate of drug-likeness (QED) is 0.653. The number of hydrogen-bond donors (Lipinski definition) is 1. The van der Waals surface area contributed by atoms with Gasteiger partial charge in [0, 0.05) is 11.1 Å². The predicted molar refractivity (Wildman–Crippen MR) is 97.4 cm³/mol. The predicted octanol–water partition coefficient (Wildman–Crippen LogP) is 5.19. The number of para-hydroxylation sites is 2. The summed E-state index contributed by atoms with van der Waals surface area (Å²) in [6, 6.07) is 12.1. The number of anilines is 1. The summed E-state index contributed by atoms with van der Waals surface area (Å²) in [4.78, 5) is 12.1. The zero-order chi connectivity index (χ0) is 17.4. The molecule has 0 aliphatic carbocycles. The number of ether oxygens (including phenoxy) is 2. The van der Waals surface area contributed by atoms with E-state index in [-0.39, 0.29) is 12.5 Å². The average molecular weight is 368 g/mol. The minimum absolute atomic E-state index is 0.177. The summed E-state index contributed by atoms with van der Waals surface area (Å²) in [5.41, 5.74) is 0.611. The fourth-order valence-corrected chi connectivity index (χ4v) is 2.27. The zero-order valence-corrected chi connectivity index (χ0v) is 14.9. The summed E-state index contributed by atoms with van der Waals surface area (Å²) in [5.74, 6) is 0.699. The van der Waals surface area contributed by atoms with Gasteiger partial charge in [0.05, 0.1) is 17.3 Å². The van der Waals surface area contributed by atoms with Crippen molar-refractivity contribution in [2.24, 2.45) is 0 Å². The van der Waals surface area contributed by atoms with Crippen molar-refractivity contribution in [1.82, 2.24) is 0 Å². The number of unbranched alkanes of at least 4 members (excludes halogenated alkanes) is 1. The molecule has 0 bridgehead atoms. The lowest BCUT2D eigenvalue weighted by Gasteiger charge is -2.13. The molecular formula is C18H19Cl2NO3. The van der Waals surface area contributed by atoms with Crippen molar-refractivity contribution in [3.8, 4) is 11.5 Å². The lowest BCUT2D eigenvalue weighted by atomic mass is 10.3. The minimum atomic E-state index is -0.308. The molecule has 0 spiro atoms. The highest BCUT2D eigenvalue weighted by molar-refractivity contribution is 6.34. The third-order valence-electron chi connectivity index (χ3n) is 3.17. The molecule has 128 valence electrons. The summed E-state index contributed by atoms with van der Waals surface area (Å²) >= 11 is 11.9. The van der Waals surface area contributed by atoms with Crippen molar-refractivity contribution in [2.75, 3.05) is 18.5 Å². The maximum Gasteiger partial charge on any atom is 0.262 e. The molecule has 4 nitrogen and oxygen atoms in total. The Morgan fingerprint density at radius 1 is 1.08 bits per heavy atom. The summed E-state index contributed by atoms with van der Waals surface area (Å²) < 4.78 is 11.1. The van der Waals surface area contributed by atoms with Crippen LogP contribution in [0.5, 0.6) is 11.5 Å². The van der Waals surface area contributed by atoms with Gasteiger partial charge in [0.25, 0.3) is 5.91 Å². The Morgan fingerprint density at radius 2 is 1.88 bits per heavy atom. The van der Waals surface area contributed by atoms with E-state index in [1.807, 2.05) is 18.2 Å². The Morgan fingerprint density at radius 3 is 2.67 bits per heavy atom. The standard InChI is InChI=1S/C18H19Cl2NO3/c1-2-3-10-23-16-7-5-4-6-15(16)21-18(22)12-24-17-11-13(19)8-9-14(17)20/h4-9,11H,2-3,10,12H2,1H3,(H,21,22). The fourth-order valence-electron chi connectivity index (χ4n) is 1.94. The highest BCUT2D eigenvalue weighted by Crippen LogP contribution is 2.28. The van der Waals surface area contributed by atoms with E-state index >= 15 is 0 Å². The number of nitrogens with one attached hydrogen (secondary N) is 1. The first-order valence-electron chi connectivity index (χ1n) is 7.69. The van der Waals surface area contributed by atoms with E-state index in [0.717, 1.165) is 12.8 Å². The maximum absolute atomic E-state index is 12.1. The molecule has 0 heterocycles. The van der Waals surface area contributed by atoms with Gasteiger partial charge in [-0.05, 0) is 30.7 Å². The smallest absolute Gasteiger partial charge is 0.262 e. The van der Waals surface area contributed by atoms with Crippen LogP contribution in [0.4, 0.5) is 5.69 Å². The van der Waals surface area contributed by atoms with Gasteiger partial charge in [0.1, 0.15) is 11.5 Å². The van der Waals surface area contributed by atoms with Crippen molar-refractivity contribution in [3.05, 3.63) is 52.5 Å². The van der Waals surface area contributed by atoms with Crippen LogP contribution in [0.2, 0.25) is 10.0 Å². The van der Waals surface area contributed by atoms with E-state index < -0.39 is 0 Å². The summed E-state index contributed by atoms with van der Waals surface area (Å²) in [7, 11) is 0. The lowest BCUT2D eigenvalue weighted by molar-refractivity contribution is -0.118. The average Bonchev–Trinajstić information content (AvgIpc) is 2.57. The highest BCUT2D eigenvalue weighted by atomic mass is 35.5. The van der Waals surface area contributed by atoms with Crippen LogP contribution in [0.15, 0.2) is 42.5 Å². The second-order valence-electron chi connectivity index (χ2n) is 5.11. The molecule has 24 heavy (non-hydrogen) atoms. The number of halogens is 2. The van der Waals surface area contributed by atoms with Crippen molar-refractivity contribution >= 4 is 34.8 Å². The van der Waals surface area contributed by atoms with Crippen molar-refractivity contribution < 1.29 is 14.3 Å². The molecule has 0 saturated carbocycles. The molecule has 0 aliphatic rings. The second-order valence-corrected chi connectivity index (χ2v) is 5.95. The van der Waals surface area contributed by atoms with Crippen LogP contribution in [-0.2, 0) is 4.79 Å². The first-order valence-corrected chi connectivity index (χ1v) is 8.45. The second kappa shape index (κ2) is 9.40. The van der Waals surface area contributed by atoms with Crippen LogP contribution < -0.4 is 14.8 Å². The van der Waals surface area contributed by atoms with Crippen LogP contribution in [-0.4, -0.2) is 19.1 Å². The Kier molecular flexibility index (Phi) is 7.22. The van der Waals surface area contributed by atoms with Crippen molar-refractivity contribution in [3.63, 3.8) is 0 Å². The molecule has 0 radical (unpaired) electrons. The molecular weight excluding hydrogens is 349 g/mol. The molecule has 2 aromatic rings. The van der Waals surface area contributed by atoms with Crippen LogP contribution in [0.3, 0.4) is 0 Å². The largest absolute Gasteiger partial charge is 0.491 e. The van der Waals surface area contributed by atoms with Gasteiger partial charge < -0.3 is 14.8 Å². The molecule has 0 aliphatic heterocycles. The normalized spacial score (nSPS) is 10.3. The highest BCUT2D eigenvalue weighted by Gasteiger charge is 2.10. The topological polar surface area (TPSA) is 47.6 Å². The van der Waals surface area contributed by atoms with Gasteiger partial charge in [-0.3, -0.25) is 4.79 Å². The SMILES string of the molecule is CCCCOc1ccccc1NC(=O)COc1cc(Cl)ccc1Cl. The van der Waals surface area contributed by atoms with E-state index in [4.69, 9.17) is 32.7 Å². The Labute approximate surface area is 151 Å². The van der Waals surface area contributed by atoms with Gasteiger partial charge in [-0.1, -0.05) is 48.7 Å². The monoisotopic (exact) mass is 367 g/mol. The van der Waals surface area contributed by atoms with Gasteiger partial charge in [0.2, 0.25) is 0 Å². The summed E-state index contributed by atoms with van der Waals surface area (Å²) in [6.45, 7) is 2.52. The molecule has 1 amide bonds.